The lowest BCUT2D eigenvalue weighted by atomic mass is 9.36. The number of nitrogens with zero attached hydrogens (tertiary/aromatic N) is 1. The Labute approximate surface area is 315 Å². The van der Waals surface area contributed by atoms with E-state index in [-0.39, 0.29) is 0 Å². The van der Waals surface area contributed by atoms with Crippen LogP contribution in [0.4, 0.5) is 65.9 Å². The Morgan fingerprint density at radius 2 is 0.625 bits per heavy atom. The van der Waals surface area contributed by atoms with Crippen molar-refractivity contribution in [1.82, 2.24) is 5.32 Å². The third kappa shape index (κ3) is 11.2. The number of amidine groups is 1. The molecule has 0 saturated carbocycles. The molecule has 0 radical (unpaired) electrons. The molecule has 0 saturated heterocycles. The molecule has 18 heteroatoms. The summed E-state index contributed by atoms with van der Waals surface area (Å²) >= 11 is 0. The first-order valence-corrected chi connectivity index (χ1v) is 18.4. The van der Waals surface area contributed by atoms with E-state index in [1.165, 1.54) is 109 Å². The van der Waals surface area contributed by atoms with Gasteiger partial charge in [0.05, 0.1) is 12.4 Å². The molecule has 0 bridgehead atoms. The summed E-state index contributed by atoms with van der Waals surface area (Å²) in [7, 11) is 0. The van der Waals surface area contributed by atoms with Crippen LogP contribution in [0, 0.1) is 87.3 Å². The van der Waals surface area contributed by atoms with Crippen molar-refractivity contribution >= 4 is 28.9 Å². The van der Waals surface area contributed by atoms with Crippen molar-refractivity contribution in [1.29, 1.82) is 0 Å². The number of unbranched alkanes of at least 4 members (excludes halogenated alkanes) is 14. The molecule has 310 valence electrons. The minimum Gasteiger partial charge on any atom is -0.372 e. The molecule has 0 spiro atoms. The van der Waals surface area contributed by atoms with E-state index in [1.54, 1.807) is 0 Å². The molecular formula is C38H40BF15N2. The van der Waals surface area contributed by atoms with Crippen LogP contribution in [-0.2, 0) is 0 Å². The topological polar surface area (TPSA) is 24.4 Å². The van der Waals surface area contributed by atoms with Crippen molar-refractivity contribution in [2.75, 3.05) is 13.1 Å². The van der Waals surface area contributed by atoms with Gasteiger partial charge in [0.15, 0.2) is 87.3 Å². The van der Waals surface area contributed by atoms with Gasteiger partial charge in [-0.05, 0) is 6.42 Å². The highest BCUT2D eigenvalue weighted by atomic mass is 19.2. The Morgan fingerprint density at radius 1 is 0.375 bits per heavy atom. The van der Waals surface area contributed by atoms with Gasteiger partial charge in [-0.2, -0.15) is 0 Å². The van der Waals surface area contributed by atoms with Crippen molar-refractivity contribution in [2.24, 2.45) is 4.99 Å². The summed E-state index contributed by atoms with van der Waals surface area (Å²) in [5, 5.41) is 3.36. The van der Waals surface area contributed by atoms with Gasteiger partial charge in [-0.25, -0.2) is 65.9 Å². The van der Waals surface area contributed by atoms with Crippen LogP contribution in [0.15, 0.2) is 4.99 Å². The Morgan fingerprint density at radius 3 is 0.875 bits per heavy atom. The van der Waals surface area contributed by atoms with Crippen LogP contribution in [0.3, 0.4) is 0 Å². The number of hydrogen-bond acceptors (Lipinski definition) is 2. The number of aliphatic imine (C=N–C) groups is 1. The fourth-order valence-electron chi connectivity index (χ4n) is 6.34. The molecule has 1 aliphatic rings. The first kappa shape index (κ1) is 46.5. The van der Waals surface area contributed by atoms with Crippen LogP contribution in [0.25, 0.3) is 0 Å². The molecule has 0 atom stereocenters. The second kappa shape index (κ2) is 22.2. The Kier molecular flexibility index (Phi) is 18.4. The van der Waals surface area contributed by atoms with Crippen LogP contribution < -0.4 is 21.7 Å². The predicted molar refractivity (Wildman–Crippen MR) is 183 cm³/mol. The van der Waals surface area contributed by atoms with Crippen LogP contribution in [0.5, 0.6) is 0 Å². The van der Waals surface area contributed by atoms with E-state index in [4.69, 9.17) is 0 Å². The third-order valence-corrected chi connectivity index (χ3v) is 9.36. The molecule has 0 unspecified atom stereocenters. The smallest absolute Gasteiger partial charge is 0.265 e. The maximum atomic E-state index is 14.4. The van der Waals surface area contributed by atoms with Gasteiger partial charge in [0.25, 0.3) is 6.71 Å². The van der Waals surface area contributed by atoms with Crippen molar-refractivity contribution in [3.63, 3.8) is 0 Å². The van der Waals surface area contributed by atoms with E-state index in [1.807, 2.05) is 0 Å². The van der Waals surface area contributed by atoms with Crippen molar-refractivity contribution < 1.29 is 65.9 Å². The summed E-state index contributed by atoms with van der Waals surface area (Å²) in [4.78, 5) is 4.44. The summed E-state index contributed by atoms with van der Waals surface area (Å²) in [6.45, 7) is 0.392. The minimum absolute atomic E-state index is 0.994. The highest BCUT2D eigenvalue weighted by molar-refractivity contribution is 6.95. The zero-order valence-electron chi connectivity index (χ0n) is 30.4. The van der Waals surface area contributed by atoms with Gasteiger partial charge in [-0.1, -0.05) is 96.8 Å². The molecule has 2 nitrogen and oxygen atoms in total. The summed E-state index contributed by atoms with van der Waals surface area (Å²) in [5.74, 6) is -44.0. The first-order chi connectivity index (χ1) is 26.6. The number of hydrogen-bond donors (Lipinski definition) is 1. The van der Waals surface area contributed by atoms with Gasteiger partial charge < -0.3 is 5.32 Å². The highest BCUT2D eigenvalue weighted by Gasteiger charge is 2.45. The first-order valence-electron chi connectivity index (χ1n) is 18.4. The van der Waals surface area contributed by atoms with Crippen LogP contribution in [-0.4, -0.2) is 25.6 Å². The van der Waals surface area contributed by atoms with E-state index in [2.05, 4.69) is 17.2 Å². The largest absolute Gasteiger partial charge is 0.372 e. The zero-order valence-corrected chi connectivity index (χ0v) is 30.4. The molecule has 1 heterocycles. The highest BCUT2D eigenvalue weighted by Crippen LogP contribution is 2.24. The van der Waals surface area contributed by atoms with Gasteiger partial charge in [0.1, 0.15) is 0 Å². The molecule has 0 aliphatic carbocycles. The summed E-state index contributed by atoms with van der Waals surface area (Å²) in [5.41, 5.74) is -8.03. The van der Waals surface area contributed by atoms with Gasteiger partial charge in [-0.15, -0.1) is 0 Å². The Balaban J connectivity index is 0.000000331. The SMILES string of the molecule is CCCCCCCCCCCCCCCCCC1=NCCN1.Fc1c(F)c(F)c(B(c2c(F)c(F)c(F)c(F)c2F)c2c(F)c(F)c(F)c(F)c2F)c(F)c1F. The average Bonchev–Trinajstić information content (AvgIpc) is 3.71. The third-order valence-electron chi connectivity index (χ3n) is 9.36. The lowest BCUT2D eigenvalue weighted by Gasteiger charge is -2.21. The molecule has 0 aromatic heterocycles. The number of nitrogens with one attached hydrogen (secondary N) is 1. The molecule has 3 aromatic carbocycles. The summed E-state index contributed by atoms with van der Waals surface area (Å²) in [6.07, 6.45) is 22.8. The minimum atomic E-state index is -3.96. The van der Waals surface area contributed by atoms with Gasteiger partial charge in [-0.3, -0.25) is 4.99 Å². The van der Waals surface area contributed by atoms with Crippen LogP contribution in [0.1, 0.15) is 110 Å². The van der Waals surface area contributed by atoms with Crippen molar-refractivity contribution in [3.8, 4) is 0 Å². The Bertz CT molecular complexity index is 1580. The van der Waals surface area contributed by atoms with Gasteiger partial charge in [0, 0.05) is 29.4 Å². The number of rotatable bonds is 19. The predicted octanol–water partition coefficient (Wildman–Crippen LogP) is 10.5. The fraction of sp³-hybridized carbons (Fsp3) is 0.500. The Hall–Kier alpha value is -3.86. The second-order valence-electron chi connectivity index (χ2n) is 13.3. The van der Waals surface area contributed by atoms with Crippen LogP contribution >= 0.6 is 0 Å². The van der Waals surface area contributed by atoms with Crippen molar-refractivity contribution in [2.45, 2.75) is 110 Å². The zero-order chi connectivity index (χ0) is 41.7. The standard InChI is InChI=1S/C20H40N2.C18BF15/c1-2-3-4-5-6-7-8-9-10-11-12-13-14-15-16-17-20-21-18-19-22-20;20-4-1(5(21)11(27)16(32)10(4)26)19(2-6(22)12(28)17(33)13(29)7(2)23)3-8(24)14(30)18(34)15(31)9(3)25/h2-19H2,1H3,(H,21,22);. The summed E-state index contributed by atoms with van der Waals surface area (Å²) < 4.78 is 209. The van der Waals surface area contributed by atoms with E-state index in [0.717, 1.165) is 13.1 Å². The van der Waals surface area contributed by atoms with E-state index >= 15 is 0 Å². The second-order valence-corrected chi connectivity index (χ2v) is 13.3. The lowest BCUT2D eigenvalue weighted by molar-refractivity contribution is 0.380. The molecular weight excluding hydrogens is 780 g/mol. The van der Waals surface area contributed by atoms with E-state index in [9.17, 15) is 65.9 Å². The lowest BCUT2D eigenvalue weighted by Crippen LogP contribution is -2.60. The van der Waals surface area contributed by atoms with Gasteiger partial charge >= 0.3 is 0 Å². The molecule has 3 aromatic rings. The fourth-order valence-corrected chi connectivity index (χ4v) is 6.34. The maximum absolute atomic E-state index is 14.4. The monoisotopic (exact) mass is 820 g/mol. The normalized spacial score (nSPS) is 12.5. The number of halogens is 15. The molecule has 56 heavy (non-hydrogen) atoms. The van der Waals surface area contributed by atoms with Crippen molar-refractivity contribution in [3.05, 3.63) is 87.3 Å². The van der Waals surface area contributed by atoms with E-state index < -0.39 is 110 Å². The maximum Gasteiger partial charge on any atom is 0.265 e. The van der Waals surface area contributed by atoms with Gasteiger partial charge in [0.2, 0.25) is 0 Å². The molecule has 4 rings (SSSR count). The quantitative estimate of drug-likeness (QED) is 0.0421. The summed E-state index contributed by atoms with van der Waals surface area (Å²) in [6, 6.07) is 0. The number of benzene rings is 3. The molecule has 0 fully saturated rings. The molecule has 1 aliphatic heterocycles. The van der Waals surface area contributed by atoms with E-state index in [0.29, 0.717) is 0 Å². The molecule has 0 amide bonds. The molecule has 1 N–H and O–H groups in total. The average molecular weight is 821 g/mol. The van der Waals surface area contributed by atoms with Crippen LogP contribution in [0.2, 0.25) is 0 Å².